The predicted molar refractivity (Wildman–Crippen MR) is 72.4 cm³/mol. The maximum atomic E-state index is 8.65. The van der Waals surface area contributed by atoms with Crippen LogP contribution >= 0.6 is 0 Å². The van der Waals surface area contributed by atoms with E-state index in [1.54, 1.807) is 12.4 Å². The van der Waals surface area contributed by atoms with Gasteiger partial charge in [-0.3, -0.25) is 4.98 Å². The van der Waals surface area contributed by atoms with Crippen LogP contribution in [-0.4, -0.2) is 23.3 Å². The molecule has 0 saturated carbocycles. The molecule has 0 saturated heterocycles. The summed E-state index contributed by atoms with van der Waals surface area (Å²) in [4.78, 5) is 4.09. The third-order valence-electron chi connectivity index (χ3n) is 2.30. The highest BCUT2D eigenvalue weighted by Crippen LogP contribution is 2.19. The van der Waals surface area contributed by atoms with Crippen LogP contribution in [0.5, 0.6) is 5.75 Å². The Morgan fingerprint density at radius 3 is 2.78 bits per heavy atom. The highest BCUT2D eigenvalue weighted by Gasteiger charge is 2.09. The summed E-state index contributed by atoms with van der Waals surface area (Å²) < 4.78 is 5.65. The zero-order valence-corrected chi connectivity index (χ0v) is 11.4. The molecule has 98 valence electrons. The average molecular weight is 247 g/mol. The number of hydrogen-bond acceptors (Lipinski definition) is 3. The second-order valence-electron chi connectivity index (χ2n) is 5.34. The van der Waals surface area contributed by atoms with E-state index in [2.05, 4.69) is 37.6 Å². The van der Waals surface area contributed by atoms with E-state index in [0.717, 1.165) is 17.7 Å². The van der Waals surface area contributed by atoms with Gasteiger partial charge in [0.15, 0.2) is 0 Å². The Bertz CT molecular complexity index is 424. The van der Waals surface area contributed by atoms with Gasteiger partial charge in [0.1, 0.15) is 5.75 Å². The van der Waals surface area contributed by atoms with E-state index in [1.165, 1.54) is 0 Å². The second kappa shape index (κ2) is 7.03. The second-order valence-corrected chi connectivity index (χ2v) is 5.34. The number of aromatic nitrogens is 1. The summed E-state index contributed by atoms with van der Waals surface area (Å²) in [6.45, 7) is 7.32. The predicted octanol–water partition coefficient (Wildman–Crippen LogP) is 2.63. The number of rotatable bonds is 4. The molecule has 0 aliphatic rings. The van der Waals surface area contributed by atoms with E-state index in [-0.39, 0.29) is 12.0 Å². The number of aliphatic hydroxyl groups is 1. The van der Waals surface area contributed by atoms with Gasteiger partial charge in [0, 0.05) is 18.2 Å². The van der Waals surface area contributed by atoms with Crippen LogP contribution in [0.4, 0.5) is 0 Å². The molecule has 3 heteroatoms. The summed E-state index contributed by atoms with van der Waals surface area (Å²) in [5, 5.41) is 8.65. The Balaban J connectivity index is 2.53. The van der Waals surface area contributed by atoms with E-state index in [0.29, 0.717) is 13.0 Å². The summed E-state index contributed by atoms with van der Waals surface area (Å²) in [5.74, 6) is 6.55. The minimum atomic E-state index is 0.0855. The first-order chi connectivity index (χ1) is 8.51. The van der Waals surface area contributed by atoms with Crippen LogP contribution in [0.15, 0.2) is 18.5 Å². The van der Waals surface area contributed by atoms with Crippen LogP contribution in [0.2, 0.25) is 0 Å². The maximum Gasteiger partial charge on any atom is 0.138 e. The molecule has 1 aromatic heterocycles. The topological polar surface area (TPSA) is 42.4 Å². The average Bonchev–Trinajstić information content (AvgIpc) is 2.28. The van der Waals surface area contributed by atoms with Crippen molar-refractivity contribution in [3.63, 3.8) is 0 Å². The normalized spacial score (nSPS) is 10.7. The molecule has 0 amide bonds. The summed E-state index contributed by atoms with van der Waals surface area (Å²) in [5.41, 5.74) is 1.09. The van der Waals surface area contributed by atoms with Crippen molar-refractivity contribution in [3.8, 4) is 17.6 Å². The lowest BCUT2D eigenvalue weighted by Gasteiger charge is -2.17. The first kappa shape index (κ1) is 14.5. The number of nitrogens with zero attached hydrogens (tertiary/aromatic N) is 1. The van der Waals surface area contributed by atoms with Crippen molar-refractivity contribution < 1.29 is 9.84 Å². The fourth-order valence-corrected chi connectivity index (χ4v) is 1.26. The van der Waals surface area contributed by atoms with Crippen LogP contribution in [0.25, 0.3) is 0 Å². The van der Waals surface area contributed by atoms with Gasteiger partial charge in [-0.15, -0.1) is 0 Å². The standard InChI is InChI=1S/C15H21NO2/c1-15(2,3)7-9-18-14-10-13(11-16-12-14)6-4-5-8-17/h10-12,17H,5,7-9H2,1-3H3. The Morgan fingerprint density at radius 2 is 2.11 bits per heavy atom. The van der Waals surface area contributed by atoms with E-state index >= 15 is 0 Å². The van der Waals surface area contributed by atoms with Crippen LogP contribution in [0, 0.1) is 17.3 Å². The first-order valence-corrected chi connectivity index (χ1v) is 6.19. The molecule has 1 N–H and O–H groups in total. The van der Waals surface area contributed by atoms with Crippen molar-refractivity contribution in [3.05, 3.63) is 24.0 Å². The smallest absolute Gasteiger partial charge is 0.138 e. The number of hydrogen-bond donors (Lipinski definition) is 1. The lowest BCUT2D eigenvalue weighted by atomic mass is 9.93. The Labute approximate surface area is 109 Å². The van der Waals surface area contributed by atoms with Gasteiger partial charge in [-0.25, -0.2) is 0 Å². The lowest BCUT2D eigenvalue weighted by molar-refractivity contribution is 0.242. The molecular weight excluding hydrogens is 226 g/mol. The zero-order valence-electron chi connectivity index (χ0n) is 11.4. The molecular formula is C15H21NO2. The molecule has 0 radical (unpaired) electrons. The molecule has 0 aromatic carbocycles. The molecule has 0 unspecified atom stereocenters. The highest BCUT2D eigenvalue weighted by molar-refractivity contribution is 5.36. The highest BCUT2D eigenvalue weighted by atomic mass is 16.5. The van der Waals surface area contributed by atoms with Gasteiger partial charge in [-0.1, -0.05) is 32.6 Å². The van der Waals surface area contributed by atoms with Gasteiger partial charge in [-0.05, 0) is 17.9 Å². The molecule has 0 bridgehead atoms. The third kappa shape index (κ3) is 6.27. The van der Waals surface area contributed by atoms with Crippen molar-refractivity contribution in [1.82, 2.24) is 4.98 Å². The summed E-state index contributed by atoms with van der Waals surface area (Å²) in [6, 6.07) is 1.88. The zero-order chi connectivity index (χ0) is 13.4. The van der Waals surface area contributed by atoms with Gasteiger partial charge in [-0.2, -0.15) is 0 Å². The molecule has 1 aromatic rings. The minimum absolute atomic E-state index is 0.0855. The van der Waals surface area contributed by atoms with Gasteiger partial charge in [0.05, 0.1) is 19.4 Å². The first-order valence-electron chi connectivity index (χ1n) is 6.19. The summed E-state index contributed by atoms with van der Waals surface area (Å²) in [7, 11) is 0. The van der Waals surface area contributed by atoms with Crippen molar-refractivity contribution in [2.24, 2.45) is 5.41 Å². The monoisotopic (exact) mass is 247 g/mol. The van der Waals surface area contributed by atoms with Crippen LogP contribution in [0.3, 0.4) is 0 Å². The third-order valence-corrected chi connectivity index (χ3v) is 2.30. The Kier molecular flexibility index (Phi) is 5.67. The van der Waals surface area contributed by atoms with Gasteiger partial charge in [0.25, 0.3) is 0 Å². The quantitative estimate of drug-likeness (QED) is 0.832. The fourth-order valence-electron chi connectivity index (χ4n) is 1.26. The molecule has 0 fully saturated rings. The molecule has 0 aliphatic carbocycles. The van der Waals surface area contributed by atoms with E-state index in [4.69, 9.17) is 9.84 Å². The number of ether oxygens (including phenoxy) is 1. The molecule has 0 atom stereocenters. The fraction of sp³-hybridized carbons (Fsp3) is 0.533. The number of aliphatic hydroxyl groups excluding tert-OH is 1. The van der Waals surface area contributed by atoms with Crippen molar-refractivity contribution in [2.75, 3.05) is 13.2 Å². The van der Waals surface area contributed by atoms with Crippen molar-refractivity contribution in [1.29, 1.82) is 0 Å². The minimum Gasteiger partial charge on any atom is -0.492 e. The van der Waals surface area contributed by atoms with Crippen LogP contribution < -0.4 is 4.74 Å². The molecule has 1 rings (SSSR count). The van der Waals surface area contributed by atoms with Crippen LogP contribution in [0.1, 0.15) is 39.2 Å². The van der Waals surface area contributed by atoms with Crippen molar-refractivity contribution >= 4 is 0 Å². The number of pyridine rings is 1. The molecule has 1 heterocycles. The van der Waals surface area contributed by atoms with E-state index in [9.17, 15) is 0 Å². The van der Waals surface area contributed by atoms with Gasteiger partial charge in [0.2, 0.25) is 0 Å². The lowest BCUT2D eigenvalue weighted by Crippen LogP contribution is -2.11. The SMILES string of the molecule is CC(C)(C)CCOc1cncc(C#CCCO)c1. The molecule has 0 aliphatic heterocycles. The van der Waals surface area contributed by atoms with Crippen molar-refractivity contribution in [2.45, 2.75) is 33.6 Å². The Hall–Kier alpha value is -1.53. The van der Waals surface area contributed by atoms with Gasteiger partial charge >= 0.3 is 0 Å². The summed E-state index contributed by atoms with van der Waals surface area (Å²) >= 11 is 0. The largest absolute Gasteiger partial charge is 0.492 e. The van der Waals surface area contributed by atoms with Crippen LogP contribution in [-0.2, 0) is 0 Å². The molecule has 3 nitrogen and oxygen atoms in total. The van der Waals surface area contributed by atoms with E-state index < -0.39 is 0 Å². The summed E-state index contributed by atoms with van der Waals surface area (Å²) in [6.07, 6.45) is 4.86. The van der Waals surface area contributed by atoms with E-state index in [1.807, 2.05) is 6.07 Å². The molecule has 0 spiro atoms. The Morgan fingerprint density at radius 1 is 1.33 bits per heavy atom. The molecule has 18 heavy (non-hydrogen) atoms. The van der Waals surface area contributed by atoms with Gasteiger partial charge < -0.3 is 9.84 Å². The maximum absolute atomic E-state index is 8.65.